The Morgan fingerprint density at radius 3 is 1.13 bits per heavy atom. The molecule has 3 atom stereocenters. The van der Waals surface area contributed by atoms with E-state index < -0.39 is 20.0 Å². The normalized spacial score (nSPS) is 13.8. The van der Waals surface area contributed by atoms with Gasteiger partial charge in [-0.1, -0.05) is 314 Å². The summed E-state index contributed by atoms with van der Waals surface area (Å²) in [4.78, 5) is 40.2. The molecule has 0 aromatic carbocycles. The van der Waals surface area contributed by atoms with Crippen LogP contribution in [0, 0.1) is 0 Å². The number of carbonyl (C=O) groups is 2. The van der Waals surface area contributed by atoms with Gasteiger partial charge in [-0.25, -0.2) is 0 Å². The lowest BCUT2D eigenvalue weighted by Gasteiger charge is -2.30. The maximum atomic E-state index is 13.6. The van der Waals surface area contributed by atoms with E-state index in [0.717, 1.165) is 83.5 Å². The summed E-state index contributed by atoms with van der Waals surface area (Å²) in [7, 11) is 1.19. The molecule has 9 nitrogen and oxygen atoms in total. The monoisotopic (exact) mass is 1170 g/mol. The van der Waals surface area contributed by atoms with Gasteiger partial charge in [0.15, 0.2) is 0 Å². The third-order valence-electron chi connectivity index (χ3n) is 16.0. The minimum atomic E-state index is -4.70. The molecule has 3 unspecified atom stereocenters. The number of esters is 1. The van der Waals surface area contributed by atoms with Crippen LogP contribution in [0.3, 0.4) is 0 Å². The number of nitrogens with zero attached hydrogens (tertiary/aromatic N) is 1. The van der Waals surface area contributed by atoms with Crippen LogP contribution < -0.4 is 10.2 Å². The molecule has 0 heterocycles. The van der Waals surface area contributed by atoms with Gasteiger partial charge in [-0.2, -0.15) is 0 Å². The summed E-state index contributed by atoms with van der Waals surface area (Å²) >= 11 is 0. The number of likely N-dealkylation sites (N-methyl/N-ethyl adjacent to an activating group) is 1. The van der Waals surface area contributed by atoms with Crippen molar-refractivity contribution in [3.8, 4) is 0 Å². The molecule has 10 heteroatoms. The molecule has 0 radical (unpaired) electrons. The average molecular weight is 1170 g/mol. The minimum Gasteiger partial charge on any atom is -0.756 e. The second-order valence-electron chi connectivity index (χ2n) is 25.4. The SMILES string of the molecule is CCCCC/C=C\C/C=C\C/C=C\CCCCCCCCC(=O)OC(/C=C/CCCCCCCCCCCC)C(COP(=O)([O-])OCC[N+](C)(C)C)NC(=O)CCCCCCCCCCCCCCCCCCCCCCCCCCC. The number of amides is 1. The molecular formula is C72H137N2O7P. The van der Waals surface area contributed by atoms with E-state index in [9.17, 15) is 19.0 Å². The van der Waals surface area contributed by atoms with Gasteiger partial charge in [0.05, 0.1) is 33.8 Å². The van der Waals surface area contributed by atoms with Crippen LogP contribution in [-0.2, 0) is 27.9 Å². The van der Waals surface area contributed by atoms with Crippen molar-refractivity contribution in [2.24, 2.45) is 0 Å². The van der Waals surface area contributed by atoms with Crippen LogP contribution in [0.25, 0.3) is 0 Å². The first-order valence-electron chi connectivity index (χ1n) is 35.4. The summed E-state index contributed by atoms with van der Waals surface area (Å²) in [5.41, 5.74) is 0. The molecule has 0 aromatic heterocycles. The fraction of sp³-hybridized carbons (Fsp3) is 0.861. The van der Waals surface area contributed by atoms with Crippen LogP contribution in [0.15, 0.2) is 48.6 Å². The second kappa shape index (κ2) is 62.0. The van der Waals surface area contributed by atoms with E-state index in [1.165, 1.54) is 231 Å². The van der Waals surface area contributed by atoms with E-state index in [-0.39, 0.29) is 31.5 Å². The van der Waals surface area contributed by atoms with E-state index in [1.807, 2.05) is 33.3 Å². The lowest BCUT2D eigenvalue weighted by atomic mass is 10.0. The van der Waals surface area contributed by atoms with Crippen molar-refractivity contribution in [2.75, 3.05) is 40.9 Å². The van der Waals surface area contributed by atoms with Gasteiger partial charge in [0.25, 0.3) is 7.82 Å². The molecule has 0 rings (SSSR count). The molecule has 0 aromatic rings. The molecule has 0 aliphatic carbocycles. The summed E-state index contributed by atoms with van der Waals surface area (Å²) in [5.74, 6) is -0.540. The average Bonchev–Trinajstić information content (AvgIpc) is 3.44. The number of hydrogen-bond donors (Lipinski definition) is 1. The van der Waals surface area contributed by atoms with Crippen molar-refractivity contribution < 1.29 is 37.3 Å². The lowest BCUT2D eigenvalue weighted by molar-refractivity contribution is -0.870. The first-order chi connectivity index (χ1) is 39.9. The quantitative estimate of drug-likeness (QED) is 0.0212. The van der Waals surface area contributed by atoms with Crippen LogP contribution in [0.1, 0.15) is 348 Å². The standard InChI is InChI=1S/C72H137N2O7P/c1-7-10-13-16-19-22-25-28-30-32-34-35-36-37-38-39-41-42-44-46-49-52-55-58-61-64-71(75)73-69(68-80-82(77,78)79-67-66-74(4,5)6)70(63-60-57-54-51-48-27-24-21-18-15-12-9-3)81-72(76)65-62-59-56-53-50-47-45-43-40-33-31-29-26-23-20-17-14-11-8-2/h20,23,29,31,40,43,60,63,69-70H,7-19,21-22,24-28,30,32-39,41-42,44-59,61-62,64-68H2,1-6H3,(H-,73,75,77,78)/b23-20-,31-29-,43-40-,63-60+. The van der Waals surface area contributed by atoms with Crippen LogP contribution in [0.5, 0.6) is 0 Å². The fourth-order valence-corrected chi connectivity index (χ4v) is 11.3. The maximum Gasteiger partial charge on any atom is 0.306 e. The highest BCUT2D eigenvalue weighted by Crippen LogP contribution is 2.38. The molecule has 0 bridgehead atoms. The summed E-state index contributed by atoms with van der Waals surface area (Å²) in [6.07, 6.45) is 78.1. The van der Waals surface area contributed by atoms with Crippen molar-refractivity contribution in [3.63, 3.8) is 0 Å². The predicted molar refractivity (Wildman–Crippen MR) is 353 cm³/mol. The zero-order chi connectivity index (χ0) is 60.0. The first kappa shape index (κ1) is 80.0. The number of hydrogen-bond acceptors (Lipinski definition) is 7. The van der Waals surface area contributed by atoms with Crippen molar-refractivity contribution in [1.82, 2.24) is 5.32 Å². The molecule has 0 spiro atoms. The number of allylic oxidation sites excluding steroid dienone is 7. The summed E-state index contributed by atoms with van der Waals surface area (Å²) in [6, 6.07) is -0.892. The number of phosphoric ester groups is 1. The Hall–Kier alpha value is -2.03. The highest BCUT2D eigenvalue weighted by Gasteiger charge is 2.27. The Morgan fingerprint density at radius 2 is 0.744 bits per heavy atom. The van der Waals surface area contributed by atoms with Gasteiger partial charge in [0, 0.05) is 12.8 Å². The van der Waals surface area contributed by atoms with Crippen molar-refractivity contribution in [3.05, 3.63) is 48.6 Å². The lowest BCUT2D eigenvalue weighted by Crippen LogP contribution is -2.47. The third kappa shape index (κ3) is 62.5. The molecule has 82 heavy (non-hydrogen) atoms. The van der Waals surface area contributed by atoms with Gasteiger partial charge < -0.3 is 28.5 Å². The molecule has 482 valence electrons. The van der Waals surface area contributed by atoms with Gasteiger partial charge in [-0.15, -0.1) is 0 Å². The van der Waals surface area contributed by atoms with E-state index in [0.29, 0.717) is 17.4 Å². The van der Waals surface area contributed by atoms with Crippen molar-refractivity contribution >= 4 is 19.7 Å². The predicted octanol–water partition coefficient (Wildman–Crippen LogP) is 21.8. The number of rotatable bonds is 65. The van der Waals surface area contributed by atoms with Gasteiger partial charge in [-0.3, -0.25) is 14.2 Å². The summed E-state index contributed by atoms with van der Waals surface area (Å²) in [5, 5.41) is 3.04. The largest absolute Gasteiger partial charge is 0.756 e. The Morgan fingerprint density at radius 1 is 0.427 bits per heavy atom. The molecule has 1 amide bonds. The Bertz CT molecular complexity index is 1540. The van der Waals surface area contributed by atoms with Gasteiger partial charge in [0.1, 0.15) is 19.3 Å². The molecule has 0 fully saturated rings. The molecular weight excluding hydrogens is 1040 g/mol. The zero-order valence-electron chi connectivity index (χ0n) is 55.2. The maximum absolute atomic E-state index is 13.6. The number of phosphoric acid groups is 1. The highest BCUT2D eigenvalue weighted by atomic mass is 31.2. The third-order valence-corrected chi connectivity index (χ3v) is 17.0. The molecule has 0 aliphatic rings. The van der Waals surface area contributed by atoms with Crippen molar-refractivity contribution in [2.45, 2.75) is 360 Å². The summed E-state index contributed by atoms with van der Waals surface area (Å²) in [6.45, 7) is 6.86. The molecule has 0 aliphatic heterocycles. The number of quaternary nitrogens is 1. The van der Waals surface area contributed by atoms with E-state index in [4.69, 9.17) is 13.8 Å². The molecule has 0 saturated heterocycles. The minimum absolute atomic E-state index is 0.0231. The van der Waals surface area contributed by atoms with Crippen LogP contribution in [-0.4, -0.2) is 69.4 Å². The van der Waals surface area contributed by atoms with Crippen molar-refractivity contribution in [1.29, 1.82) is 0 Å². The van der Waals surface area contributed by atoms with E-state index in [2.05, 4.69) is 62.5 Å². The van der Waals surface area contributed by atoms with Crippen LogP contribution >= 0.6 is 7.82 Å². The first-order valence-corrected chi connectivity index (χ1v) is 36.9. The van der Waals surface area contributed by atoms with Gasteiger partial charge in [-0.05, 0) is 70.3 Å². The van der Waals surface area contributed by atoms with E-state index in [1.54, 1.807) is 0 Å². The topological polar surface area (TPSA) is 114 Å². The highest BCUT2D eigenvalue weighted by molar-refractivity contribution is 7.45. The Kier molecular flexibility index (Phi) is 60.5. The molecule has 1 N–H and O–H groups in total. The van der Waals surface area contributed by atoms with Gasteiger partial charge >= 0.3 is 5.97 Å². The number of unbranched alkanes of at least 4 members (excludes halogenated alkanes) is 43. The Balaban J connectivity index is 5.05. The number of ether oxygens (including phenoxy) is 1. The fourth-order valence-electron chi connectivity index (χ4n) is 10.5. The van der Waals surface area contributed by atoms with Crippen LogP contribution in [0.2, 0.25) is 0 Å². The van der Waals surface area contributed by atoms with Crippen LogP contribution in [0.4, 0.5) is 0 Å². The van der Waals surface area contributed by atoms with Gasteiger partial charge in [0.2, 0.25) is 5.91 Å². The molecule has 0 saturated carbocycles. The van der Waals surface area contributed by atoms with E-state index >= 15 is 0 Å². The number of carbonyl (C=O) groups excluding carboxylic acids is 2. The summed E-state index contributed by atoms with van der Waals surface area (Å²) < 4.78 is 30.4. The zero-order valence-corrected chi connectivity index (χ0v) is 56.1. The second-order valence-corrected chi connectivity index (χ2v) is 26.8. The Labute approximate surface area is 509 Å². The smallest absolute Gasteiger partial charge is 0.306 e. The number of nitrogens with one attached hydrogen (secondary N) is 1.